The fourth-order valence-electron chi connectivity index (χ4n) is 6.97. The van der Waals surface area contributed by atoms with Gasteiger partial charge in [0.2, 0.25) is 0 Å². The lowest BCUT2D eigenvalue weighted by atomic mass is 9.65. The van der Waals surface area contributed by atoms with Gasteiger partial charge in [-0.1, -0.05) is 19.8 Å². The van der Waals surface area contributed by atoms with Crippen molar-refractivity contribution in [2.45, 2.75) is 96.3 Å². The quantitative estimate of drug-likeness (QED) is 0.330. The number of rotatable bonds is 6. The van der Waals surface area contributed by atoms with E-state index in [2.05, 4.69) is 6.92 Å². The van der Waals surface area contributed by atoms with E-state index in [9.17, 15) is 30.7 Å². The lowest BCUT2D eigenvalue weighted by Gasteiger charge is -2.41. The van der Waals surface area contributed by atoms with Crippen LogP contribution in [0.2, 0.25) is 0 Å². The van der Waals surface area contributed by atoms with Crippen molar-refractivity contribution >= 4 is 6.08 Å². The largest absolute Gasteiger partial charge is 0.432 e. The van der Waals surface area contributed by atoms with Crippen LogP contribution in [0.4, 0.5) is 30.7 Å². The van der Waals surface area contributed by atoms with Gasteiger partial charge in [0, 0.05) is 23.8 Å². The monoisotopic (exact) mass is 534 g/mol. The van der Waals surface area contributed by atoms with Crippen molar-refractivity contribution in [2.75, 3.05) is 0 Å². The van der Waals surface area contributed by atoms with E-state index in [1.54, 1.807) is 0 Å². The van der Waals surface area contributed by atoms with Crippen LogP contribution in [0.15, 0.2) is 18.2 Å². The highest BCUT2D eigenvalue weighted by Gasteiger charge is 2.45. The second kappa shape index (κ2) is 11.6. The minimum Gasteiger partial charge on any atom is -0.432 e. The zero-order chi connectivity index (χ0) is 26.8. The summed E-state index contributed by atoms with van der Waals surface area (Å²) in [5.74, 6) is -1.07. The highest BCUT2D eigenvalue weighted by Crippen LogP contribution is 2.48. The molecule has 8 heteroatoms. The first-order valence-electron chi connectivity index (χ1n) is 13.7. The van der Waals surface area contributed by atoms with Crippen molar-refractivity contribution < 1.29 is 35.5 Å². The van der Waals surface area contributed by atoms with E-state index in [-0.39, 0.29) is 25.0 Å². The van der Waals surface area contributed by atoms with E-state index in [1.165, 1.54) is 51.4 Å². The molecular formula is C29H37F7O. The van der Waals surface area contributed by atoms with Gasteiger partial charge in [0.25, 0.3) is 0 Å². The van der Waals surface area contributed by atoms with Gasteiger partial charge >= 0.3 is 12.3 Å². The molecule has 0 atom stereocenters. The van der Waals surface area contributed by atoms with Crippen molar-refractivity contribution in [1.29, 1.82) is 0 Å². The lowest BCUT2D eigenvalue weighted by molar-refractivity contribution is -0.224. The Labute approximate surface area is 214 Å². The summed E-state index contributed by atoms with van der Waals surface area (Å²) in [5.41, 5.74) is -0.957. The Bertz CT molecular complexity index is 894. The maximum Gasteiger partial charge on any atom is 0.409 e. The zero-order valence-corrected chi connectivity index (χ0v) is 21.3. The molecule has 0 amide bonds. The smallest absolute Gasteiger partial charge is 0.409 e. The zero-order valence-electron chi connectivity index (χ0n) is 21.3. The number of benzene rings is 1. The van der Waals surface area contributed by atoms with E-state index >= 15 is 0 Å². The molecule has 0 aliphatic heterocycles. The molecule has 0 unspecified atom stereocenters. The third kappa shape index (κ3) is 7.44. The van der Waals surface area contributed by atoms with Gasteiger partial charge in [-0.25, -0.2) is 8.78 Å². The van der Waals surface area contributed by atoms with Gasteiger partial charge in [-0.15, -0.1) is 0 Å². The highest BCUT2D eigenvalue weighted by molar-refractivity contribution is 5.53. The number of ether oxygens (including phenoxy) is 1. The normalized spacial score (nSPS) is 32.0. The second-order valence-electron chi connectivity index (χ2n) is 11.6. The average Bonchev–Trinajstić information content (AvgIpc) is 2.83. The molecule has 3 fully saturated rings. The van der Waals surface area contributed by atoms with Crippen LogP contribution in [-0.4, -0.2) is 12.3 Å². The van der Waals surface area contributed by atoms with Gasteiger partial charge in [0.1, 0.15) is 17.4 Å². The number of hydrogen-bond donors (Lipinski definition) is 0. The number of allylic oxidation sites excluding steroid dienone is 1. The SMILES string of the molecule is CC1CCC(C2CCC(C3CCC(C(F)(F)Oc4cc(F)c(/C=C/C(F)(F)F)c(F)c4)CC3)CC2)CC1. The van der Waals surface area contributed by atoms with Crippen LogP contribution in [0.3, 0.4) is 0 Å². The summed E-state index contributed by atoms with van der Waals surface area (Å²) in [6.45, 7) is 2.34. The minimum absolute atomic E-state index is 0.233. The van der Waals surface area contributed by atoms with Gasteiger partial charge < -0.3 is 4.74 Å². The van der Waals surface area contributed by atoms with Crippen LogP contribution in [0.25, 0.3) is 6.08 Å². The summed E-state index contributed by atoms with van der Waals surface area (Å²) in [7, 11) is 0. The summed E-state index contributed by atoms with van der Waals surface area (Å²) in [5, 5.41) is 0. The summed E-state index contributed by atoms with van der Waals surface area (Å²) in [4.78, 5) is 0. The Hall–Kier alpha value is -1.73. The molecule has 0 radical (unpaired) electrons. The average molecular weight is 535 g/mol. The molecule has 208 valence electrons. The van der Waals surface area contributed by atoms with Gasteiger partial charge in [0.15, 0.2) is 0 Å². The molecule has 1 aromatic carbocycles. The van der Waals surface area contributed by atoms with Crippen molar-refractivity contribution in [2.24, 2.45) is 35.5 Å². The van der Waals surface area contributed by atoms with E-state index < -0.39 is 41.2 Å². The number of hydrogen-bond acceptors (Lipinski definition) is 1. The predicted octanol–water partition coefficient (Wildman–Crippen LogP) is 9.95. The van der Waals surface area contributed by atoms with Gasteiger partial charge in [-0.3, -0.25) is 0 Å². The molecule has 4 rings (SSSR count). The van der Waals surface area contributed by atoms with Crippen LogP contribution in [0.1, 0.15) is 89.5 Å². The van der Waals surface area contributed by atoms with Gasteiger partial charge in [-0.05, 0) is 99.9 Å². The van der Waals surface area contributed by atoms with Gasteiger partial charge in [-0.2, -0.15) is 22.0 Å². The van der Waals surface area contributed by atoms with E-state index in [0.717, 1.165) is 17.8 Å². The van der Waals surface area contributed by atoms with Crippen molar-refractivity contribution in [3.63, 3.8) is 0 Å². The number of halogens is 7. The standard InChI is InChI=1S/C29H37F7O/c1-18-2-4-19(5-3-18)20-6-8-21(9-7-20)22-10-12-23(13-11-22)29(35,36)37-24-16-26(30)25(27(31)17-24)14-15-28(32,33)34/h14-23H,2-13H2,1H3/b15-14+. The maximum absolute atomic E-state index is 14.9. The maximum atomic E-state index is 14.9. The van der Waals surface area contributed by atoms with Crippen LogP contribution in [-0.2, 0) is 0 Å². The first-order chi connectivity index (χ1) is 17.4. The van der Waals surface area contributed by atoms with Crippen LogP contribution < -0.4 is 4.74 Å². The Morgan fingerprint density at radius 3 is 1.51 bits per heavy atom. The molecule has 3 saturated carbocycles. The van der Waals surface area contributed by atoms with E-state index in [0.29, 0.717) is 36.8 Å². The van der Waals surface area contributed by atoms with Crippen molar-refractivity contribution in [3.05, 3.63) is 35.4 Å². The number of alkyl halides is 5. The molecule has 3 aliphatic carbocycles. The Kier molecular flexibility index (Phi) is 8.84. The topological polar surface area (TPSA) is 9.23 Å². The fraction of sp³-hybridized carbons (Fsp3) is 0.724. The Morgan fingerprint density at radius 2 is 1.08 bits per heavy atom. The third-order valence-electron chi connectivity index (χ3n) is 9.20. The third-order valence-corrected chi connectivity index (χ3v) is 9.20. The molecule has 0 aromatic heterocycles. The summed E-state index contributed by atoms with van der Waals surface area (Å²) in [6.07, 6.45) is 3.65. The van der Waals surface area contributed by atoms with E-state index in [1.807, 2.05) is 0 Å². The van der Waals surface area contributed by atoms with Crippen LogP contribution in [0, 0.1) is 47.1 Å². The molecule has 0 bridgehead atoms. The van der Waals surface area contributed by atoms with E-state index in [4.69, 9.17) is 4.74 Å². The van der Waals surface area contributed by atoms with Crippen LogP contribution >= 0.6 is 0 Å². The van der Waals surface area contributed by atoms with Crippen LogP contribution in [0.5, 0.6) is 5.75 Å². The molecule has 0 heterocycles. The molecule has 3 aliphatic rings. The molecular weight excluding hydrogens is 497 g/mol. The summed E-state index contributed by atoms with van der Waals surface area (Å²) < 4.78 is 99.7. The fourth-order valence-corrected chi connectivity index (χ4v) is 6.97. The Balaban J connectivity index is 1.27. The first-order valence-corrected chi connectivity index (χ1v) is 13.7. The molecule has 0 saturated heterocycles. The lowest BCUT2D eigenvalue weighted by Crippen LogP contribution is -2.38. The minimum atomic E-state index is -4.76. The first kappa shape index (κ1) is 28.3. The highest BCUT2D eigenvalue weighted by atomic mass is 19.4. The molecule has 1 nitrogen and oxygen atoms in total. The predicted molar refractivity (Wildman–Crippen MR) is 129 cm³/mol. The molecule has 0 spiro atoms. The van der Waals surface area contributed by atoms with Gasteiger partial charge in [0.05, 0.1) is 5.92 Å². The summed E-state index contributed by atoms with van der Waals surface area (Å²) >= 11 is 0. The molecule has 37 heavy (non-hydrogen) atoms. The van der Waals surface area contributed by atoms with Crippen molar-refractivity contribution in [1.82, 2.24) is 0 Å². The second-order valence-corrected chi connectivity index (χ2v) is 11.6. The summed E-state index contributed by atoms with van der Waals surface area (Å²) in [6, 6.07) is 1.01. The molecule has 1 aromatic rings. The molecule has 0 N–H and O–H groups in total. The Morgan fingerprint density at radius 1 is 0.676 bits per heavy atom. The van der Waals surface area contributed by atoms with Crippen molar-refractivity contribution in [3.8, 4) is 5.75 Å².